The number of unbranched alkanes of at least 4 members (excludes halogenated alkanes) is 21. The van der Waals surface area contributed by atoms with Gasteiger partial charge in [-0.1, -0.05) is 148 Å². The molecule has 0 aromatic carbocycles. The normalized spacial score (nSPS) is 11.3. The van der Waals surface area contributed by atoms with Crippen LogP contribution in [0.3, 0.4) is 0 Å². The number of hydrogen-bond acceptors (Lipinski definition) is 1. The molecule has 1 heterocycles. The molecule has 0 atom stereocenters. The molecule has 0 spiro atoms. The Morgan fingerprint density at radius 3 is 1.14 bits per heavy atom. The molecule has 0 bridgehead atoms. The smallest absolute Gasteiger partial charge is 0.00452 e. The molecule has 0 nitrogen and oxygen atoms in total. The molecule has 0 N–H and O–H groups in total. The van der Waals surface area contributed by atoms with Crippen molar-refractivity contribution in [1.82, 2.24) is 0 Å². The molecular weight excluding hydrogens is 368 g/mol. The lowest BCUT2D eigenvalue weighted by molar-refractivity contribution is 0.519. The summed E-state index contributed by atoms with van der Waals surface area (Å²) in [6.45, 7) is 2.30. The van der Waals surface area contributed by atoms with Gasteiger partial charge in [-0.05, 0) is 24.3 Å². The molecule has 0 unspecified atom stereocenters. The number of thiophene rings is 1. The van der Waals surface area contributed by atoms with Crippen LogP contribution in [-0.4, -0.2) is 0 Å². The van der Waals surface area contributed by atoms with Gasteiger partial charge in [0.1, 0.15) is 0 Å². The second-order valence-electron chi connectivity index (χ2n) is 9.25. The van der Waals surface area contributed by atoms with Crippen LogP contribution in [0.25, 0.3) is 0 Å². The predicted octanol–water partition coefficient (Wildman–Crippen LogP) is 10.9. The van der Waals surface area contributed by atoms with Crippen molar-refractivity contribution in [3.8, 4) is 0 Å². The van der Waals surface area contributed by atoms with Crippen LogP contribution in [0.2, 0.25) is 0 Å². The van der Waals surface area contributed by atoms with Crippen LogP contribution in [-0.2, 0) is 6.42 Å². The average molecular weight is 421 g/mol. The van der Waals surface area contributed by atoms with E-state index in [0.717, 1.165) is 0 Å². The lowest BCUT2D eigenvalue weighted by atomic mass is 10.0. The second kappa shape index (κ2) is 22.4. The first-order chi connectivity index (χ1) is 14.4. The zero-order chi connectivity index (χ0) is 20.7. The maximum absolute atomic E-state index is 2.30. The molecule has 0 fully saturated rings. The first-order valence-electron chi connectivity index (χ1n) is 13.5. The maximum atomic E-state index is 2.30. The van der Waals surface area contributed by atoms with Gasteiger partial charge in [0.25, 0.3) is 0 Å². The second-order valence-corrected chi connectivity index (χ2v) is 10.3. The third-order valence-electron chi connectivity index (χ3n) is 6.36. The van der Waals surface area contributed by atoms with E-state index in [1.54, 1.807) is 4.88 Å². The summed E-state index contributed by atoms with van der Waals surface area (Å²) in [5, 5.41) is 2.20. The molecule has 0 amide bonds. The van der Waals surface area contributed by atoms with E-state index in [1.165, 1.54) is 148 Å². The molecule has 0 aliphatic carbocycles. The summed E-state index contributed by atoms with van der Waals surface area (Å²) in [6, 6.07) is 4.46. The molecule has 1 aromatic heterocycles. The molecule has 0 saturated carbocycles. The van der Waals surface area contributed by atoms with Crippen molar-refractivity contribution < 1.29 is 0 Å². The predicted molar refractivity (Wildman–Crippen MR) is 135 cm³/mol. The lowest BCUT2D eigenvalue weighted by Crippen LogP contribution is -1.85. The Hall–Kier alpha value is -0.300. The molecule has 29 heavy (non-hydrogen) atoms. The molecular formula is C28H52S. The summed E-state index contributed by atoms with van der Waals surface area (Å²) in [7, 11) is 0. The van der Waals surface area contributed by atoms with Crippen molar-refractivity contribution in [2.75, 3.05) is 0 Å². The largest absolute Gasteiger partial charge is 0.149 e. The van der Waals surface area contributed by atoms with Gasteiger partial charge in [-0.2, -0.15) is 0 Å². The van der Waals surface area contributed by atoms with Gasteiger partial charge in [-0.3, -0.25) is 0 Å². The minimum atomic E-state index is 1.30. The van der Waals surface area contributed by atoms with Gasteiger partial charge in [0.15, 0.2) is 0 Å². The Morgan fingerprint density at radius 2 is 0.828 bits per heavy atom. The monoisotopic (exact) mass is 420 g/mol. The molecule has 170 valence electrons. The van der Waals surface area contributed by atoms with E-state index in [4.69, 9.17) is 0 Å². The fourth-order valence-corrected chi connectivity index (χ4v) is 5.11. The highest BCUT2D eigenvalue weighted by atomic mass is 32.1. The van der Waals surface area contributed by atoms with Crippen LogP contribution in [0.5, 0.6) is 0 Å². The molecule has 0 saturated heterocycles. The van der Waals surface area contributed by atoms with E-state index < -0.39 is 0 Å². The SMILES string of the molecule is CCCCCCCCCCCCCCCCCCCCCCCCc1cccs1. The lowest BCUT2D eigenvalue weighted by Gasteiger charge is -2.04. The van der Waals surface area contributed by atoms with Crippen LogP contribution < -0.4 is 0 Å². The molecule has 0 aliphatic heterocycles. The summed E-state index contributed by atoms with van der Waals surface area (Å²) in [5.41, 5.74) is 0. The standard InChI is InChI=1S/C28H52S/c1-2-3-4-5-6-7-8-9-10-11-12-13-14-15-16-17-18-19-20-21-22-23-25-28-26-24-27-29-28/h24,26-27H,2-23,25H2,1H3. The minimum absolute atomic E-state index is 1.30. The Bertz CT molecular complexity index is 394. The van der Waals surface area contributed by atoms with Gasteiger partial charge in [-0.25, -0.2) is 0 Å². The van der Waals surface area contributed by atoms with Gasteiger partial charge >= 0.3 is 0 Å². The number of hydrogen-bond donors (Lipinski definition) is 0. The van der Waals surface area contributed by atoms with E-state index in [2.05, 4.69) is 24.4 Å². The van der Waals surface area contributed by atoms with Crippen LogP contribution in [0.1, 0.15) is 153 Å². The fourth-order valence-electron chi connectivity index (χ4n) is 4.36. The summed E-state index contributed by atoms with van der Waals surface area (Å²) in [6.07, 6.45) is 33.6. The molecule has 1 heteroatoms. The number of aryl methyl sites for hydroxylation is 1. The Kier molecular flexibility index (Phi) is 20.6. The first-order valence-corrected chi connectivity index (χ1v) is 14.3. The summed E-state index contributed by atoms with van der Waals surface area (Å²) in [5.74, 6) is 0. The van der Waals surface area contributed by atoms with Gasteiger partial charge in [0.2, 0.25) is 0 Å². The maximum Gasteiger partial charge on any atom is 0.00452 e. The minimum Gasteiger partial charge on any atom is -0.149 e. The first kappa shape index (κ1) is 26.7. The van der Waals surface area contributed by atoms with Gasteiger partial charge in [-0.15, -0.1) is 11.3 Å². The summed E-state index contributed by atoms with van der Waals surface area (Å²) >= 11 is 1.91. The van der Waals surface area contributed by atoms with Crippen molar-refractivity contribution in [3.63, 3.8) is 0 Å². The van der Waals surface area contributed by atoms with E-state index in [1.807, 2.05) is 11.3 Å². The quantitative estimate of drug-likeness (QED) is 0.154. The summed E-state index contributed by atoms with van der Waals surface area (Å²) < 4.78 is 0. The molecule has 0 aliphatic rings. The van der Waals surface area contributed by atoms with Gasteiger partial charge in [0, 0.05) is 4.88 Å². The Labute approximate surface area is 188 Å². The Balaban J connectivity index is 1.63. The summed E-state index contributed by atoms with van der Waals surface area (Å²) in [4.78, 5) is 1.57. The molecule has 0 radical (unpaired) electrons. The van der Waals surface area contributed by atoms with E-state index in [9.17, 15) is 0 Å². The van der Waals surface area contributed by atoms with Crippen molar-refractivity contribution in [2.45, 2.75) is 155 Å². The third kappa shape index (κ3) is 19.4. The van der Waals surface area contributed by atoms with Crippen LogP contribution in [0, 0.1) is 0 Å². The van der Waals surface area contributed by atoms with Crippen molar-refractivity contribution in [3.05, 3.63) is 22.4 Å². The van der Waals surface area contributed by atoms with Crippen molar-refractivity contribution in [1.29, 1.82) is 0 Å². The fraction of sp³-hybridized carbons (Fsp3) is 0.857. The number of rotatable bonds is 23. The van der Waals surface area contributed by atoms with Gasteiger partial charge < -0.3 is 0 Å². The highest BCUT2D eigenvalue weighted by Crippen LogP contribution is 2.16. The van der Waals surface area contributed by atoms with E-state index in [-0.39, 0.29) is 0 Å². The highest BCUT2D eigenvalue weighted by Gasteiger charge is 1.97. The zero-order valence-corrected chi connectivity index (χ0v) is 20.7. The van der Waals surface area contributed by atoms with Crippen molar-refractivity contribution >= 4 is 11.3 Å². The average Bonchev–Trinajstić information content (AvgIpc) is 3.25. The van der Waals surface area contributed by atoms with Crippen LogP contribution >= 0.6 is 11.3 Å². The van der Waals surface area contributed by atoms with E-state index in [0.29, 0.717) is 0 Å². The van der Waals surface area contributed by atoms with Crippen LogP contribution in [0.4, 0.5) is 0 Å². The van der Waals surface area contributed by atoms with Gasteiger partial charge in [0.05, 0.1) is 0 Å². The van der Waals surface area contributed by atoms with Crippen LogP contribution in [0.15, 0.2) is 17.5 Å². The molecule has 1 aromatic rings. The molecule has 1 rings (SSSR count). The topological polar surface area (TPSA) is 0 Å². The van der Waals surface area contributed by atoms with Crippen molar-refractivity contribution in [2.24, 2.45) is 0 Å². The third-order valence-corrected chi connectivity index (χ3v) is 7.29. The highest BCUT2D eigenvalue weighted by molar-refractivity contribution is 7.09. The Morgan fingerprint density at radius 1 is 0.483 bits per heavy atom. The van der Waals surface area contributed by atoms with E-state index >= 15 is 0 Å². The zero-order valence-electron chi connectivity index (χ0n) is 19.9.